The maximum Gasteiger partial charge on any atom is 0.274 e. The smallest absolute Gasteiger partial charge is 0.274 e. The van der Waals surface area contributed by atoms with Crippen LogP contribution in [0.5, 0.6) is 0 Å². The molecule has 0 saturated heterocycles. The van der Waals surface area contributed by atoms with Gasteiger partial charge in [-0.3, -0.25) is 9.89 Å². The van der Waals surface area contributed by atoms with E-state index in [2.05, 4.69) is 21.0 Å². The summed E-state index contributed by atoms with van der Waals surface area (Å²) >= 11 is 3.43. The van der Waals surface area contributed by atoms with E-state index in [1.807, 2.05) is 24.3 Å². The summed E-state index contributed by atoms with van der Waals surface area (Å²) in [5.41, 5.74) is 3.08. The molecule has 0 radical (unpaired) electrons. The molecule has 0 aliphatic heterocycles. The minimum Gasteiger partial charge on any atom is -0.295 e. The Hall–Kier alpha value is -1.29. The van der Waals surface area contributed by atoms with Gasteiger partial charge in [0.05, 0.1) is 5.69 Å². The lowest BCUT2D eigenvalue weighted by Crippen LogP contribution is -2.17. The molecule has 4 heteroatoms. The molecule has 0 bridgehead atoms. The normalized spacial score (nSPS) is 14.6. The van der Waals surface area contributed by atoms with Crippen molar-refractivity contribution in [1.29, 1.82) is 0 Å². The van der Waals surface area contributed by atoms with Crippen LogP contribution in [0.2, 0.25) is 0 Å². The second-order valence-corrected chi connectivity index (χ2v) is 5.31. The van der Waals surface area contributed by atoms with Gasteiger partial charge in [-0.1, -0.05) is 22.0 Å². The van der Waals surface area contributed by atoms with E-state index in [1.165, 1.54) is 6.42 Å². The lowest BCUT2D eigenvalue weighted by Gasteiger charge is -2.07. The highest BCUT2D eigenvalue weighted by Gasteiger charge is 2.17. The molecule has 0 atom stereocenters. The van der Waals surface area contributed by atoms with E-state index in [0.717, 1.165) is 40.7 Å². The number of aryl methyl sites for hydroxylation is 1. The quantitative estimate of drug-likeness (QED) is 0.862. The van der Waals surface area contributed by atoms with Gasteiger partial charge in [0, 0.05) is 15.7 Å². The molecule has 3 rings (SSSR count). The zero-order chi connectivity index (χ0) is 11.8. The molecule has 0 fully saturated rings. The summed E-state index contributed by atoms with van der Waals surface area (Å²) in [6.07, 6.45) is 4.20. The minimum absolute atomic E-state index is 0.109. The van der Waals surface area contributed by atoms with Crippen LogP contribution in [0.15, 0.2) is 33.5 Å². The van der Waals surface area contributed by atoms with Crippen LogP contribution >= 0.6 is 15.9 Å². The van der Waals surface area contributed by atoms with Gasteiger partial charge in [0.2, 0.25) is 0 Å². The molecule has 88 valence electrons. The summed E-state index contributed by atoms with van der Waals surface area (Å²) in [7, 11) is 0. The summed E-state index contributed by atoms with van der Waals surface area (Å²) < 4.78 is 2.63. The highest BCUT2D eigenvalue weighted by molar-refractivity contribution is 9.10. The molecule has 1 aliphatic rings. The second-order valence-electron chi connectivity index (χ2n) is 4.40. The lowest BCUT2D eigenvalue weighted by molar-refractivity contribution is 0.671. The van der Waals surface area contributed by atoms with Crippen LogP contribution in [0.1, 0.15) is 24.1 Å². The first-order chi connectivity index (χ1) is 8.25. The fourth-order valence-corrected chi connectivity index (χ4v) is 2.77. The highest BCUT2D eigenvalue weighted by atomic mass is 79.9. The van der Waals surface area contributed by atoms with Crippen molar-refractivity contribution in [3.63, 3.8) is 0 Å². The first kappa shape index (κ1) is 10.8. The number of hydrogen-bond donors (Lipinski definition) is 1. The number of H-pyrrole nitrogens is 1. The number of halogens is 1. The van der Waals surface area contributed by atoms with Gasteiger partial charge in [0.1, 0.15) is 0 Å². The highest BCUT2D eigenvalue weighted by Crippen LogP contribution is 2.19. The van der Waals surface area contributed by atoms with Crippen LogP contribution in [-0.4, -0.2) is 9.78 Å². The average molecular weight is 293 g/mol. The largest absolute Gasteiger partial charge is 0.295 e. The van der Waals surface area contributed by atoms with Gasteiger partial charge in [-0.2, -0.15) is 0 Å². The molecule has 0 amide bonds. The molecule has 3 nitrogen and oxygen atoms in total. The van der Waals surface area contributed by atoms with Crippen molar-refractivity contribution in [2.45, 2.75) is 25.7 Å². The number of nitrogens with one attached hydrogen (secondary N) is 1. The van der Waals surface area contributed by atoms with Gasteiger partial charge < -0.3 is 0 Å². The zero-order valence-corrected chi connectivity index (χ0v) is 11.0. The van der Waals surface area contributed by atoms with Crippen LogP contribution in [0.3, 0.4) is 0 Å². The maximum atomic E-state index is 12.2. The Morgan fingerprint density at radius 2 is 2.06 bits per heavy atom. The van der Waals surface area contributed by atoms with Crippen LogP contribution in [0.25, 0.3) is 5.69 Å². The van der Waals surface area contributed by atoms with Gasteiger partial charge >= 0.3 is 0 Å². The molecule has 1 N–H and O–H groups in total. The van der Waals surface area contributed by atoms with Gasteiger partial charge in [-0.05, 0) is 43.9 Å². The summed E-state index contributed by atoms with van der Waals surface area (Å²) in [5, 5.41) is 3.23. The number of fused-ring (bicyclic) bond motifs is 1. The van der Waals surface area contributed by atoms with Gasteiger partial charge in [0.15, 0.2) is 0 Å². The van der Waals surface area contributed by atoms with Crippen LogP contribution < -0.4 is 5.56 Å². The van der Waals surface area contributed by atoms with Crippen LogP contribution in [0.4, 0.5) is 0 Å². The molecular weight excluding hydrogens is 280 g/mol. The summed E-state index contributed by atoms with van der Waals surface area (Å²) in [6, 6.07) is 7.78. The predicted octanol–water partition coefficient (Wildman–Crippen LogP) is 2.81. The third-order valence-corrected chi connectivity index (χ3v) is 3.74. The molecule has 1 aromatic carbocycles. The standard InChI is InChI=1S/C13H13BrN2O/c14-9-4-3-5-10(8-9)16-13(17)11-6-1-2-7-12(11)15-16/h3-5,8,15H,1-2,6-7H2. The first-order valence-corrected chi connectivity index (χ1v) is 6.64. The fourth-order valence-electron chi connectivity index (χ4n) is 2.38. The Kier molecular flexibility index (Phi) is 2.67. The Morgan fingerprint density at radius 1 is 1.24 bits per heavy atom. The Morgan fingerprint density at radius 3 is 2.82 bits per heavy atom. The van der Waals surface area contributed by atoms with Crippen molar-refractivity contribution in [1.82, 2.24) is 9.78 Å². The minimum atomic E-state index is 0.109. The number of nitrogens with zero attached hydrogens (tertiary/aromatic N) is 1. The lowest BCUT2D eigenvalue weighted by atomic mass is 9.98. The van der Waals surface area contributed by atoms with Crippen molar-refractivity contribution in [2.24, 2.45) is 0 Å². The summed E-state index contributed by atoms with van der Waals surface area (Å²) in [6.45, 7) is 0. The van der Waals surface area contributed by atoms with Crippen molar-refractivity contribution in [2.75, 3.05) is 0 Å². The summed E-state index contributed by atoms with van der Waals surface area (Å²) in [4.78, 5) is 12.2. The average Bonchev–Trinajstić information content (AvgIpc) is 2.68. The zero-order valence-electron chi connectivity index (χ0n) is 9.37. The van der Waals surface area contributed by atoms with E-state index < -0.39 is 0 Å². The molecule has 17 heavy (non-hydrogen) atoms. The van der Waals surface area contributed by atoms with E-state index in [-0.39, 0.29) is 5.56 Å². The number of benzene rings is 1. The number of aromatic nitrogens is 2. The van der Waals surface area contributed by atoms with Crippen molar-refractivity contribution in [3.05, 3.63) is 50.3 Å². The third-order valence-electron chi connectivity index (χ3n) is 3.24. The fraction of sp³-hybridized carbons (Fsp3) is 0.308. The van der Waals surface area contributed by atoms with E-state index in [9.17, 15) is 4.79 Å². The van der Waals surface area contributed by atoms with Crippen molar-refractivity contribution in [3.8, 4) is 5.69 Å². The molecule has 2 aromatic rings. The molecule has 0 spiro atoms. The second kappa shape index (κ2) is 4.18. The van der Waals surface area contributed by atoms with E-state index in [1.54, 1.807) is 4.68 Å². The molecular formula is C13H13BrN2O. The van der Waals surface area contributed by atoms with Gasteiger partial charge in [0.25, 0.3) is 5.56 Å². The predicted molar refractivity (Wildman–Crippen MR) is 70.7 cm³/mol. The maximum absolute atomic E-state index is 12.2. The van der Waals surface area contributed by atoms with Crippen molar-refractivity contribution < 1.29 is 0 Å². The first-order valence-electron chi connectivity index (χ1n) is 5.84. The Balaban J connectivity index is 2.16. The number of hydrogen-bond acceptors (Lipinski definition) is 1. The Bertz CT molecular complexity index is 612. The molecule has 0 unspecified atom stereocenters. The van der Waals surface area contributed by atoms with Crippen LogP contribution in [0, 0.1) is 0 Å². The molecule has 1 aliphatic carbocycles. The number of rotatable bonds is 1. The van der Waals surface area contributed by atoms with E-state index in [0.29, 0.717) is 0 Å². The number of aromatic amines is 1. The molecule has 1 aromatic heterocycles. The SMILES string of the molecule is O=c1c2c([nH]n1-c1cccc(Br)c1)CCCC2. The van der Waals surface area contributed by atoms with Crippen molar-refractivity contribution >= 4 is 15.9 Å². The van der Waals surface area contributed by atoms with Gasteiger partial charge in [-0.15, -0.1) is 0 Å². The summed E-state index contributed by atoms with van der Waals surface area (Å²) in [5.74, 6) is 0. The molecule has 1 heterocycles. The topological polar surface area (TPSA) is 37.8 Å². The van der Waals surface area contributed by atoms with Crippen LogP contribution in [-0.2, 0) is 12.8 Å². The Labute approximate surface area is 108 Å². The molecule has 0 saturated carbocycles. The monoisotopic (exact) mass is 292 g/mol. The van der Waals surface area contributed by atoms with E-state index >= 15 is 0 Å². The third kappa shape index (κ3) is 1.86. The van der Waals surface area contributed by atoms with E-state index in [4.69, 9.17) is 0 Å². The van der Waals surface area contributed by atoms with Gasteiger partial charge in [-0.25, -0.2) is 4.68 Å².